The number of benzene rings is 1. The molecule has 1 heterocycles. The Morgan fingerprint density at radius 1 is 1.33 bits per heavy atom. The Labute approximate surface area is 132 Å². The Morgan fingerprint density at radius 2 is 1.95 bits per heavy atom. The van der Waals surface area contributed by atoms with E-state index >= 15 is 0 Å². The molecule has 2 rings (SSSR count). The summed E-state index contributed by atoms with van der Waals surface area (Å²) in [5.41, 5.74) is 6.47. The van der Waals surface area contributed by atoms with Gasteiger partial charge in [0.1, 0.15) is 5.75 Å². The molecule has 1 fully saturated rings. The maximum absolute atomic E-state index is 12.0. The van der Waals surface area contributed by atoms with Gasteiger partial charge >= 0.3 is 0 Å². The summed E-state index contributed by atoms with van der Waals surface area (Å²) in [5, 5.41) is 2.90. The van der Waals surface area contributed by atoms with Crippen LogP contribution >= 0.6 is 12.4 Å². The monoisotopic (exact) mass is 313 g/mol. The fraction of sp³-hybridized carbons (Fsp3) is 0.533. The van der Waals surface area contributed by atoms with Gasteiger partial charge in [0, 0.05) is 5.69 Å². The van der Waals surface area contributed by atoms with Crippen LogP contribution in [0.1, 0.15) is 12.8 Å². The van der Waals surface area contributed by atoms with Gasteiger partial charge in [0.2, 0.25) is 5.91 Å². The summed E-state index contributed by atoms with van der Waals surface area (Å²) in [7, 11) is 1.62. The summed E-state index contributed by atoms with van der Waals surface area (Å²) in [6, 6.07) is 7.36. The highest BCUT2D eigenvalue weighted by molar-refractivity contribution is 5.92. The topological polar surface area (TPSA) is 67.6 Å². The summed E-state index contributed by atoms with van der Waals surface area (Å²) < 4.78 is 5.09. The standard InChI is InChI=1S/C15H23N3O2.ClH/c1-20-14-4-2-13(3-5-14)17-15(19)11-18-8-6-12(10-16)7-9-18;/h2-5,12H,6-11,16H2,1H3,(H,17,19);1H. The number of piperidine rings is 1. The molecule has 1 aromatic rings. The van der Waals surface area contributed by atoms with Gasteiger partial charge in [0.05, 0.1) is 13.7 Å². The molecule has 1 aliphatic heterocycles. The Morgan fingerprint density at radius 3 is 2.48 bits per heavy atom. The molecule has 3 N–H and O–H groups in total. The number of amides is 1. The summed E-state index contributed by atoms with van der Waals surface area (Å²) in [4.78, 5) is 14.2. The highest BCUT2D eigenvalue weighted by atomic mass is 35.5. The van der Waals surface area contributed by atoms with Crippen molar-refractivity contribution in [2.24, 2.45) is 11.7 Å². The van der Waals surface area contributed by atoms with E-state index in [-0.39, 0.29) is 18.3 Å². The molecule has 1 aromatic carbocycles. The second-order valence-corrected chi connectivity index (χ2v) is 5.23. The van der Waals surface area contributed by atoms with Crippen molar-refractivity contribution in [1.82, 2.24) is 4.90 Å². The van der Waals surface area contributed by atoms with E-state index in [4.69, 9.17) is 10.5 Å². The molecule has 1 saturated heterocycles. The van der Waals surface area contributed by atoms with E-state index in [9.17, 15) is 4.79 Å². The Balaban J connectivity index is 0.00000220. The van der Waals surface area contributed by atoms with Gasteiger partial charge in [-0.3, -0.25) is 9.69 Å². The van der Waals surface area contributed by atoms with Gasteiger partial charge in [0.25, 0.3) is 0 Å². The van der Waals surface area contributed by atoms with Crippen LogP contribution in [0.15, 0.2) is 24.3 Å². The smallest absolute Gasteiger partial charge is 0.238 e. The van der Waals surface area contributed by atoms with Crippen molar-refractivity contribution in [1.29, 1.82) is 0 Å². The third-order valence-corrected chi connectivity index (χ3v) is 3.78. The molecule has 0 unspecified atom stereocenters. The van der Waals surface area contributed by atoms with Crippen LogP contribution in [0, 0.1) is 5.92 Å². The maximum Gasteiger partial charge on any atom is 0.238 e. The summed E-state index contributed by atoms with van der Waals surface area (Å²) in [6.45, 7) is 3.12. The van der Waals surface area contributed by atoms with Gasteiger partial charge in [-0.25, -0.2) is 0 Å². The van der Waals surface area contributed by atoms with Gasteiger partial charge in [0.15, 0.2) is 0 Å². The normalized spacial score (nSPS) is 16.1. The quantitative estimate of drug-likeness (QED) is 0.868. The van der Waals surface area contributed by atoms with E-state index in [1.807, 2.05) is 24.3 Å². The zero-order valence-corrected chi connectivity index (χ0v) is 13.2. The highest BCUT2D eigenvalue weighted by Crippen LogP contribution is 2.17. The van der Waals surface area contributed by atoms with Gasteiger partial charge in [-0.2, -0.15) is 0 Å². The third kappa shape index (κ3) is 5.53. The lowest BCUT2D eigenvalue weighted by Crippen LogP contribution is -2.40. The molecule has 21 heavy (non-hydrogen) atoms. The second kappa shape index (κ2) is 8.87. The van der Waals surface area contributed by atoms with Crippen LogP contribution in [-0.4, -0.2) is 44.1 Å². The van der Waals surface area contributed by atoms with E-state index < -0.39 is 0 Å². The lowest BCUT2D eigenvalue weighted by atomic mass is 9.97. The number of carbonyl (C=O) groups is 1. The molecule has 0 aromatic heterocycles. The first-order chi connectivity index (χ1) is 9.71. The van der Waals surface area contributed by atoms with Gasteiger partial charge in [-0.05, 0) is 62.7 Å². The molecule has 1 amide bonds. The largest absolute Gasteiger partial charge is 0.497 e. The van der Waals surface area contributed by atoms with Crippen molar-refractivity contribution in [2.75, 3.05) is 38.6 Å². The minimum atomic E-state index is 0. The minimum Gasteiger partial charge on any atom is -0.497 e. The number of halogens is 1. The average molecular weight is 314 g/mol. The number of nitrogens with one attached hydrogen (secondary N) is 1. The lowest BCUT2D eigenvalue weighted by molar-refractivity contribution is -0.117. The molecule has 0 spiro atoms. The molecule has 0 saturated carbocycles. The zero-order valence-electron chi connectivity index (χ0n) is 12.4. The Hall–Kier alpha value is -1.30. The van der Waals surface area contributed by atoms with Crippen molar-refractivity contribution in [3.8, 4) is 5.75 Å². The van der Waals surface area contributed by atoms with Crippen LogP contribution in [0.4, 0.5) is 5.69 Å². The first kappa shape index (κ1) is 17.8. The summed E-state index contributed by atoms with van der Waals surface area (Å²) in [6.07, 6.45) is 2.18. The SMILES string of the molecule is COc1ccc(NC(=O)CN2CCC(CN)CC2)cc1.Cl. The fourth-order valence-electron chi connectivity index (χ4n) is 2.46. The third-order valence-electron chi connectivity index (χ3n) is 3.78. The number of hydrogen-bond donors (Lipinski definition) is 2. The van der Waals surface area contributed by atoms with E-state index in [1.54, 1.807) is 7.11 Å². The van der Waals surface area contributed by atoms with Crippen LogP contribution in [0.3, 0.4) is 0 Å². The molecular formula is C15H24ClN3O2. The molecule has 0 aliphatic carbocycles. The molecule has 0 atom stereocenters. The second-order valence-electron chi connectivity index (χ2n) is 5.23. The molecular weight excluding hydrogens is 290 g/mol. The summed E-state index contributed by atoms with van der Waals surface area (Å²) >= 11 is 0. The van der Waals surface area contributed by atoms with Gasteiger partial charge in [-0.15, -0.1) is 12.4 Å². The Kier molecular flexibility index (Phi) is 7.50. The highest BCUT2D eigenvalue weighted by Gasteiger charge is 2.19. The molecule has 5 nitrogen and oxygen atoms in total. The maximum atomic E-state index is 12.0. The first-order valence-electron chi connectivity index (χ1n) is 7.07. The fourth-order valence-corrected chi connectivity index (χ4v) is 2.46. The number of anilines is 1. The number of carbonyl (C=O) groups excluding carboxylic acids is 1. The van der Waals surface area contributed by atoms with Crippen LogP contribution in [0.25, 0.3) is 0 Å². The molecule has 1 aliphatic rings. The number of ether oxygens (including phenoxy) is 1. The van der Waals surface area contributed by atoms with Crippen molar-refractivity contribution in [3.63, 3.8) is 0 Å². The average Bonchev–Trinajstić information content (AvgIpc) is 2.49. The van der Waals surface area contributed by atoms with Gasteiger partial charge in [-0.1, -0.05) is 0 Å². The van der Waals surface area contributed by atoms with Crippen molar-refractivity contribution >= 4 is 24.0 Å². The number of likely N-dealkylation sites (tertiary alicyclic amines) is 1. The van der Waals surface area contributed by atoms with E-state index in [0.717, 1.165) is 43.9 Å². The number of methoxy groups -OCH3 is 1. The zero-order chi connectivity index (χ0) is 14.4. The number of hydrogen-bond acceptors (Lipinski definition) is 4. The van der Waals surface area contributed by atoms with Crippen molar-refractivity contribution in [3.05, 3.63) is 24.3 Å². The van der Waals surface area contributed by atoms with Crippen LogP contribution in [-0.2, 0) is 4.79 Å². The van der Waals surface area contributed by atoms with Gasteiger partial charge < -0.3 is 15.8 Å². The van der Waals surface area contributed by atoms with E-state index in [1.165, 1.54) is 0 Å². The number of nitrogens with two attached hydrogens (primary N) is 1. The Bertz CT molecular complexity index is 431. The number of rotatable bonds is 5. The predicted molar refractivity (Wildman–Crippen MR) is 87.1 cm³/mol. The summed E-state index contributed by atoms with van der Waals surface area (Å²) in [5.74, 6) is 1.43. The molecule has 0 radical (unpaired) electrons. The molecule has 118 valence electrons. The van der Waals surface area contributed by atoms with Crippen LogP contribution < -0.4 is 15.8 Å². The molecule has 6 heteroatoms. The number of nitrogens with zero attached hydrogens (tertiary/aromatic N) is 1. The van der Waals surface area contributed by atoms with Crippen LogP contribution in [0.2, 0.25) is 0 Å². The van der Waals surface area contributed by atoms with Crippen molar-refractivity contribution in [2.45, 2.75) is 12.8 Å². The van der Waals surface area contributed by atoms with Crippen molar-refractivity contribution < 1.29 is 9.53 Å². The molecule has 0 bridgehead atoms. The van der Waals surface area contributed by atoms with Crippen LogP contribution in [0.5, 0.6) is 5.75 Å². The van der Waals surface area contributed by atoms with E-state index in [2.05, 4.69) is 10.2 Å². The first-order valence-corrected chi connectivity index (χ1v) is 7.07. The lowest BCUT2D eigenvalue weighted by Gasteiger charge is -2.30. The minimum absolute atomic E-state index is 0. The van der Waals surface area contributed by atoms with E-state index in [0.29, 0.717) is 12.5 Å². The predicted octanol–water partition coefficient (Wildman–Crippen LogP) is 1.73.